The lowest BCUT2D eigenvalue weighted by Gasteiger charge is -2.08. The number of amides is 2. The molecule has 2 aromatic rings. The van der Waals surface area contributed by atoms with Gasteiger partial charge >= 0.3 is 0 Å². The second-order valence-corrected chi connectivity index (χ2v) is 4.72. The molecule has 0 heterocycles. The fraction of sp³-hybridized carbons (Fsp3) is 0.176. The second-order valence-electron chi connectivity index (χ2n) is 4.72. The van der Waals surface area contributed by atoms with E-state index in [1.54, 1.807) is 31.4 Å². The van der Waals surface area contributed by atoms with Crippen LogP contribution in [0.2, 0.25) is 0 Å². The Bertz CT molecular complexity index is 641. The molecular weight excluding hydrogens is 280 g/mol. The molecule has 0 saturated carbocycles. The molecule has 2 amide bonds. The van der Waals surface area contributed by atoms with Gasteiger partial charge in [-0.3, -0.25) is 20.4 Å². The third-order valence-electron chi connectivity index (χ3n) is 3.13. The number of carbonyl (C=O) groups is 2. The van der Waals surface area contributed by atoms with Gasteiger partial charge in [-0.1, -0.05) is 30.3 Å². The molecule has 5 nitrogen and oxygen atoms in total. The molecule has 0 aromatic heterocycles. The smallest absolute Gasteiger partial charge is 0.269 e. The molecule has 0 aliphatic rings. The number of benzene rings is 2. The average molecular weight is 298 g/mol. The molecule has 2 N–H and O–H groups in total. The molecule has 0 saturated heterocycles. The van der Waals surface area contributed by atoms with Crippen LogP contribution in [0.25, 0.3) is 0 Å². The Kier molecular flexibility index (Phi) is 5.54. The van der Waals surface area contributed by atoms with Gasteiger partial charge in [0.15, 0.2) is 0 Å². The number of nitrogens with one attached hydrogen (secondary N) is 2. The van der Waals surface area contributed by atoms with Crippen molar-refractivity contribution >= 4 is 11.8 Å². The van der Waals surface area contributed by atoms with Crippen LogP contribution < -0.4 is 15.6 Å². The molecular formula is C17H18N2O3. The highest BCUT2D eigenvalue weighted by molar-refractivity contribution is 5.95. The van der Waals surface area contributed by atoms with Gasteiger partial charge in [-0.2, -0.15) is 0 Å². The van der Waals surface area contributed by atoms with E-state index >= 15 is 0 Å². The van der Waals surface area contributed by atoms with Crippen LogP contribution in [0.5, 0.6) is 5.75 Å². The minimum absolute atomic E-state index is 0.243. The Labute approximate surface area is 129 Å². The van der Waals surface area contributed by atoms with Gasteiger partial charge in [-0.05, 0) is 36.2 Å². The van der Waals surface area contributed by atoms with Gasteiger partial charge < -0.3 is 4.74 Å². The minimum atomic E-state index is -0.338. The molecule has 0 aliphatic heterocycles. The van der Waals surface area contributed by atoms with E-state index in [-0.39, 0.29) is 18.2 Å². The van der Waals surface area contributed by atoms with Gasteiger partial charge in [-0.15, -0.1) is 0 Å². The first-order chi connectivity index (χ1) is 10.7. The third-order valence-corrected chi connectivity index (χ3v) is 3.13. The molecule has 114 valence electrons. The summed E-state index contributed by atoms with van der Waals surface area (Å²) < 4.78 is 5.13. The average Bonchev–Trinajstić information content (AvgIpc) is 2.58. The normalized spacial score (nSPS) is 9.86. The van der Waals surface area contributed by atoms with Gasteiger partial charge in [0.25, 0.3) is 5.91 Å². The molecule has 2 rings (SSSR count). The molecule has 0 unspecified atom stereocenters. The Balaban J connectivity index is 1.77. The van der Waals surface area contributed by atoms with Crippen LogP contribution in [0.4, 0.5) is 0 Å². The first kappa shape index (κ1) is 15.6. The fourth-order valence-corrected chi connectivity index (χ4v) is 1.94. The van der Waals surface area contributed by atoms with E-state index in [0.717, 1.165) is 11.3 Å². The van der Waals surface area contributed by atoms with Crippen molar-refractivity contribution < 1.29 is 14.3 Å². The Morgan fingerprint density at radius 1 is 1.00 bits per heavy atom. The van der Waals surface area contributed by atoms with Crippen molar-refractivity contribution in [2.75, 3.05) is 7.11 Å². The first-order valence-electron chi connectivity index (χ1n) is 6.96. The number of aryl methyl sites for hydroxylation is 1. The topological polar surface area (TPSA) is 67.4 Å². The Morgan fingerprint density at radius 3 is 2.50 bits per heavy atom. The van der Waals surface area contributed by atoms with Crippen molar-refractivity contribution in [2.24, 2.45) is 0 Å². The maximum Gasteiger partial charge on any atom is 0.269 e. The van der Waals surface area contributed by atoms with Crippen molar-refractivity contribution in [3.63, 3.8) is 0 Å². The zero-order chi connectivity index (χ0) is 15.8. The highest BCUT2D eigenvalue weighted by Gasteiger charge is 2.07. The zero-order valence-electron chi connectivity index (χ0n) is 12.3. The van der Waals surface area contributed by atoms with Crippen LogP contribution in [0.1, 0.15) is 22.3 Å². The predicted molar refractivity (Wildman–Crippen MR) is 83.4 cm³/mol. The number of hydrogen-bond donors (Lipinski definition) is 2. The number of methoxy groups -OCH3 is 1. The maximum absolute atomic E-state index is 11.8. The predicted octanol–water partition coefficient (Wildman–Crippen LogP) is 2.09. The Morgan fingerprint density at radius 2 is 1.77 bits per heavy atom. The lowest BCUT2D eigenvalue weighted by atomic mass is 10.1. The summed E-state index contributed by atoms with van der Waals surface area (Å²) >= 11 is 0. The molecule has 0 spiro atoms. The fourth-order valence-electron chi connectivity index (χ4n) is 1.94. The van der Waals surface area contributed by atoms with E-state index in [9.17, 15) is 9.59 Å². The highest BCUT2D eigenvalue weighted by Crippen LogP contribution is 2.13. The van der Waals surface area contributed by atoms with Crippen LogP contribution in [0.3, 0.4) is 0 Å². The maximum atomic E-state index is 11.8. The Hall–Kier alpha value is -2.82. The molecule has 22 heavy (non-hydrogen) atoms. The molecule has 2 aromatic carbocycles. The molecule has 5 heteroatoms. The van der Waals surface area contributed by atoms with Crippen LogP contribution in [0.15, 0.2) is 54.6 Å². The van der Waals surface area contributed by atoms with Gasteiger partial charge in [-0.25, -0.2) is 0 Å². The van der Waals surface area contributed by atoms with Gasteiger partial charge in [0.2, 0.25) is 5.91 Å². The van der Waals surface area contributed by atoms with E-state index < -0.39 is 0 Å². The summed E-state index contributed by atoms with van der Waals surface area (Å²) in [7, 11) is 1.60. The third kappa shape index (κ3) is 4.63. The first-order valence-corrected chi connectivity index (χ1v) is 6.96. The summed E-state index contributed by atoms with van der Waals surface area (Å²) in [5.41, 5.74) is 6.30. The number of rotatable bonds is 5. The molecule has 0 radical (unpaired) electrons. The molecule has 0 bridgehead atoms. The lowest BCUT2D eigenvalue weighted by molar-refractivity contribution is -0.121. The molecule has 0 aliphatic carbocycles. The number of carbonyl (C=O) groups excluding carboxylic acids is 2. The molecule has 0 atom stereocenters. The summed E-state index contributed by atoms with van der Waals surface area (Å²) in [6.45, 7) is 0. The quantitative estimate of drug-likeness (QED) is 0.831. The number of ether oxygens (including phenoxy) is 1. The van der Waals surface area contributed by atoms with E-state index in [2.05, 4.69) is 10.9 Å². The van der Waals surface area contributed by atoms with Crippen molar-refractivity contribution in [1.82, 2.24) is 10.9 Å². The second kappa shape index (κ2) is 7.83. The standard InChI is InChI=1S/C17H18N2O3/c1-22-15-9-5-6-13(12-15)10-11-16(20)18-19-17(21)14-7-3-2-4-8-14/h2-9,12H,10-11H2,1H3,(H,18,20)(H,19,21). The lowest BCUT2D eigenvalue weighted by Crippen LogP contribution is -2.41. The van der Waals surface area contributed by atoms with Gasteiger partial charge in [0, 0.05) is 12.0 Å². The van der Waals surface area contributed by atoms with Gasteiger partial charge in [0.05, 0.1) is 7.11 Å². The van der Waals surface area contributed by atoms with Crippen molar-refractivity contribution in [2.45, 2.75) is 12.8 Å². The van der Waals surface area contributed by atoms with Gasteiger partial charge in [0.1, 0.15) is 5.75 Å². The minimum Gasteiger partial charge on any atom is -0.497 e. The van der Waals surface area contributed by atoms with Crippen molar-refractivity contribution in [1.29, 1.82) is 0 Å². The van der Waals surface area contributed by atoms with Crippen molar-refractivity contribution in [3.8, 4) is 5.75 Å². The molecule has 0 fully saturated rings. The summed E-state index contributed by atoms with van der Waals surface area (Å²) in [5, 5.41) is 0. The largest absolute Gasteiger partial charge is 0.497 e. The van der Waals surface area contributed by atoms with E-state index in [1.165, 1.54) is 0 Å². The summed E-state index contributed by atoms with van der Waals surface area (Å²) in [4.78, 5) is 23.5. The highest BCUT2D eigenvalue weighted by atomic mass is 16.5. The summed E-state index contributed by atoms with van der Waals surface area (Å²) in [6, 6.07) is 16.2. The number of hydrazine groups is 1. The van der Waals surface area contributed by atoms with E-state index in [0.29, 0.717) is 12.0 Å². The van der Waals surface area contributed by atoms with Crippen LogP contribution in [-0.4, -0.2) is 18.9 Å². The summed E-state index contributed by atoms with van der Waals surface area (Å²) in [6.07, 6.45) is 0.854. The van der Waals surface area contributed by atoms with E-state index in [1.807, 2.05) is 30.3 Å². The van der Waals surface area contributed by atoms with E-state index in [4.69, 9.17) is 4.74 Å². The van der Waals surface area contributed by atoms with Crippen molar-refractivity contribution in [3.05, 3.63) is 65.7 Å². The zero-order valence-corrected chi connectivity index (χ0v) is 12.3. The summed E-state index contributed by atoms with van der Waals surface area (Å²) in [5.74, 6) is 0.178. The van der Waals surface area contributed by atoms with Crippen LogP contribution >= 0.6 is 0 Å². The number of hydrogen-bond acceptors (Lipinski definition) is 3. The van der Waals surface area contributed by atoms with Crippen LogP contribution in [-0.2, 0) is 11.2 Å². The monoisotopic (exact) mass is 298 g/mol. The van der Waals surface area contributed by atoms with Crippen LogP contribution in [0, 0.1) is 0 Å². The SMILES string of the molecule is COc1cccc(CCC(=O)NNC(=O)c2ccccc2)c1.